The van der Waals surface area contributed by atoms with Crippen LogP contribution in [0.3, 0.4) is 0 Å². The van der Waals surface area contributed by atoms with Crippen molar-refractivity contribution in [1.29, 1.82) is 0 Å². The maximum atomic E-state index is 10.4. The Morgan fingerprint density at radius 3 is 2.44 bits per heavy atom. The molecular weight excluding hydrogens is 267 g/mol. The van der Waals surface area contributed by atoms with Gasteiger partial charge in [-0.25, -0.2) is 0 Å². The molecule has 1 nitrogen and oxygen atoms in total. The fraction of sp³-hybridized carbons (Fsp3) is 0.200. The number of halogens is 2. The summed E-state index contributed by atoms with van der Waals surface area (Å²) in [6, 6.07) is 13.1. The quantitative estimate of drug-likeness (QED) is 0.869. The number of hydrogen-bond donors (Lipinski definition) is 1. The summed E-state index contributed by atoms with van der Waals surface area (Å²) in [4.78, 5) is 0. The molecule has 0 saturated carbocycles. The second-order valence-corrected chi connectivity index (χ2v) is 4.94. The Bertz CT molecular complexity index is 552. The standard InChI is InChI=1S/C15H14Cl2O/c1-2-10-5-3-4-6-12(10)15(18)11-7-8-13(16)14(17)9-11/h3-9,15,18H,2H2,1H3. The third kappa shape index (κ3) is 2.69. The molecule has 0 fully saturated rings. The molecule has 1 atom stereocenters. The van der Waals surface area contributed by atoms with Gasteiger partial charge in [0.05, 0.1) is 10.0 Å². The van der Waals surface area contributed by atoms with Crippen molar-refractivity contribution in [2.75, 3.05) is 0 Å². The fourth-order valence-electron chi connectivity index (χ4n) is 1.98. The predicted molar refractivity (Wildman–Crippen MR) is 76.3 cm³/mol. The van der Waals surface area contributed by atoms with Crippen molar-refractivity contribution >= 4 is 23.2 Å². The summed E-state index contributed by atoms with van der Waals surface area (Å²) in [6.45, 7) is 2.07. The maximum Gasteiger partial charge on any atom is 0.104 e. The van der Waals surface area contributed by atoms with Crippen molar-refractivity contribution in [3.05, 3.63) is 69.2 Å². The molecule has 0 bridgehead atoms. The highest BCUT2D eigenvalue weighted by Crippen LogP contribution is 2.30. The Kier molecular flexibility index (Phi) is 4.28. The largest absolute Gasteiger partial charge is 0.384 e. The van der Waals surface area contributed by atoms with Crippen LogP contribution in [0, 0.1) is 0 Å². The molecule has 0 spiro atoms. The van der Waals surface area contributed by atoms with Crippen LogP contribution in [0.25, 0.3) is 0 Å². The average molecular weight is 281 g/mol. The van der Waals surface area contributed by atoms with Crippen LogP contribution in [0.15, 0.2) is 42.5 Å². The molecule has 1 N–H and O–H groups in total. The fourth-order valence-corrected chi connectivity index (χ4v) is 2.29. The normalized spacial score (nSPS) is 12.4. The molecule has 1 unspecified atom stereocenters. The zero-order chi connectivity index (χ0) is 13.1. The first-order chi connectivity index (χ1) is 8.63. The average Bonchev–Trinajstić information content (AvgIpc) is 2.41. The monoisotopic (exact) mass is 280 g/mol. The third-order valence-electron chi connectivity index (χ3n) is 2.99. The molecule has 0 saturated heterocycles. The SMILES string of the molecule is CCc1ccccc1C(O)c1ccc(Cl)c(Cl)c1. The molecular formula is C15H14Cl2O. The number of rotatable bonds is 3. The van der Waals surface area contributed by atoms with Crippen molar-refractivity contribution in [3.63, 3.8) is 0 Å². The Labute approximate surface area is 117 Å². The number of aliphatic hydroxyl groups is 1. The third-order valence-corrected chi connectivity index (χ3v) is 3.73. The van der Waals surface area contributed by atoms with E-state index in [-0.39, 0.29) is 0 Å². The topological polar surface area (TPSA) is 20.2 Å². The number of aliphatic hydroxyl groups excluding tert-OH is 1. The second-order valence-electron chi connectivity index (χ2n) is 4.13. The summed E-state index contributed by atoms with van der Waals surface area (Å²) in [5.74, 6) is 0. The van der Waals surface area contributed by atoms with Gasteiger partial charge in [-0.05, 0) is 35.2 Å². The Balaban J connectivity index is 2.41. The predicted octanol–water partition coefficient (Wildman–Crippen LogP) is 4.64. The van der Waals surface area contributed by atoms with E-state index in [0.717, 1.165) is 23.1 Å². The van der Waals surface area contributed by atoms with Crippen LogP contribution in [0.1, 0.15) is 29.7 Å². The number of hydrogen-bond acceptors (Lipinski definition) is 1. The van der Waals surface area contributed by atoms with Gasteiger partial charge in [0.25, 0.3) is 0 Å². The van der Waals surface area contributed by atoms with Crippen molar-refractivity contribution in [2.45, 2.75) is 19.4 Å². The highest BCUT2D eigenvalue weighted by atomic mass is 35.5. The molecule has 0 aliphatic carbocycles. The minimum absolute atomic E-state index is 0.460. The van der Waals surface area contributed by atoms with Crippen molar-refractivity contribution in [3.8, 4) is 0 Å². The summed E-state index contributed by atoms with van der Waals surface area (Å²) in [5.41, 5.74) is 2.81. The smallest absolute Gasteiger partial charge is 0.104 e. The number of benzene rings is 2. The first kappa shape index (κ1) is 13.4. The maximum absolute atomic E-state index is 10.4. The highest BCUT2D eigenvalue weighted by Gasteiger charge is 2.14. The van der Waals surface area contributed by atoms with E-state index in [1.807, 2.05) is 24.3 Å². The van der Waals surface area contributed by atoms with E-state index < -0.39 is 6.10 Å². The van der Waals surface area contributed by atoms with Crippen molar-refractivity contribution < 1.29 is 5.11 Å². The molecule has 0 radical (unpaired) electrons. The molecule has 0 amide bonds. The van der Waals surface area contributed by atoms with Crippen LogP contribution in [-0.4, -0.2) is 5.11 Å². The van der Waals surface area contributed by atoms with Gasteiger partial charge < -0.3 is 5.11 Å². The summed E-state index contributed by atoms with van der Waals surface area (Å²) < 4.78 is 0. The van der Waals surface area contributed by atoms with Crippen LogP contribution < -0.4 is 0 Å². The lowest BCUT2D eigenvalue weighted by atomic mass is 9.96. The first-order valence-corrected chi connectivity index (χ1v) is 6.60. The van der Waals surface area contributed by atoms with Gasteiger partial charge in [-0.1, -0.05) is 60.5 Å². The molecule has 2 aromatic rings. The van der Waals surface area contributed by atoms with Crippen LogP contribution in [-0.2, 0) is 6.42 Å². The van der Waals surface area contributed by atoms with Crippen LogP contribution in [0.5, 0.6) is 0 Å². The van der Waals surface area contributed by atoms with E-state index in [1.54, 1.807) is 18.2 Å². The zero-order valence-corrected chi connectivity index (χ0v) is 11.5. The van der Waals surface area contributed by atoms with Gasteiger partial charge in [-0.3, -0.25) is 0 Å². The van der Waals surface area contributed by atoms with Crippen LogP contribution in [0.4, 0.5) is 0 Å². The van der Waals surface area contributed by atoms with Crippen molar-refractivity contribution in [2.24, 2.45) is 0 Å². The Morgan fingerprint density at radius 1 is 1.06 bits per heavy atom. The molecule has 18 heavy (non-hydrogen) atoms. The van der Waals surface area contributed by atoms with E-state index in [9.17, 15) is 5.11 Å². The molecule has 94 valence electrons. The van der Waals surface area contributed by atoms with E-state index >= 15 is 0 Å². The Hall–Kier alpha value is -1.02. The lowest BCUT2D eigenvalue weighted by Crippen LogP contribution is -2.03. The van der Waals surface area contributed by atoms with Gasteiger partial charge >= 0.3 is 0 Å². The zero-order valence-electron chi connectivity index (χ0n) is 10.0. The van der Waals surface area contributed by atoms with Gasteiger partial charge in [0.15, 0.2) is 0 Å². The second kappa shape index (κ2) is 5.75. The molecule has 0 heterocycles. The molecule has 0 aliphatic heterocycles. The molecule has 3 heteroatoms. The summed E-state index contributed by atoms with van der Waals surface area (Å²) in [6.07, 6.45) is 0.213. The van der Waals surface area contributed by atoms with Gasteiger partial charge in [0.2, 0.25) is 0 Å². The Morgan fingerprint density at radius 2 is 1.78 bits per heavy atom. The van der Waals surface area contributed by atoms with E-state index in [4.69, 9.17) is 23.2 Å². The van der Waals surface area contributed by atoms with Gasteiger partial charge in [-0.15, -0.1) is 0 Å². The first-order valence-electron chi connectivity index (χ1n) is 5.84. The van der Waals surface area contributed by atoms with Gasteiger partial charge in [0, 0.05) is 0 Å². The summed E-state index contributed by atoms with van der Waals surface area (Å²) in [5, 5.41) is 11.4. The van der Waals surface area contributed by atoms with Gasteiger partial charge in [0.1, 0.15) is 6.10 Å². The molecule has 0 aliphatic rings. The van der Waals surface area contributed by atoms with E-state index in [1.165, 1.54) is 0 Å². The minimum atomic E-state index is -0.670. The van der Waals surface area contributed by atoms with Crippen LogP contribution >= 0.6 is 23.2 Å². The van der Waals surface area contributed by atoms with E-state index in [2.05, 4.69) is 6.92 Å². The minimum Gasteiger partial charge on any atom is -0.384 e. The van der Waals surface area contributed by atoms with Crippen LogP contribution in [0.2, 0.25) is 10.0 Å². The van der Waals surface area contributed by atoms with Crippen molar-refractivity contribution in [1.82, 2.24) is 0 Å². The summed E-state index contributed by atoms with van der Waals surface area (Å²) in [7, 11) is 0. The number of aryl methyl sites for hydroxylation is 1. The molecule has 0 aromatic heterocycles. The highest BCUT2D eigenvalue weighted by molar-refractivity contribution is 6.42. The molecule has 2 rings (SSSR count). The van der Waals surface area contributed by atoms with E-state index in [0.29, 0.717) is 10.0 Å². The summed E-state index contributed by atoms with van der Waals surface area (Å²) >= 11 is 11.9. The lowest BCUT2D eigenvalue weighted by Gasteiger charge is -2.15. The van der Waals surface area contributed by atoms with Gasteiger partial charge in [-0.2, -0.15) is 0 Å². The molecule has 2 aromatic carbocycles. The lowest BCUT2D eigenvalue weighted by molar-refractivity contribution is 0.219.